The third-order valence-electron chi connectivity index (χ3n) is 15.9. The van der Waals surface area contributed by atoms with E-state index in [-0.39, 0.29) is 15.8 Å². The molecule has 1 unspecified atom stereocenters. The standard InChI is InChI=1S/C23H31ClN4O4S.C23H29N3O.C21H29N5O2S/c1-5-12-28-21-11-10-17(33(29,30)27(3)4)15-20(21)26-22(28)16-25-19-9-7-8-18(24)23(19)32-14-13-31-6-2;1-18-10-11-20(16-19(18)2)27-15-14-26-22-9-5-4-8-21(22)24-23(26)17-25-12-6-3-7-13-25;1-6-13-26-20-11-10-17(29(27,28)24(3)4)14-19(20)23-21(26)15-25(5)16(2)18-9-7-8-12-22-18/h7-11,15,25H,5-6,12-14,16H2,1-4H3;4-5,8-11,16H,3,6-7,12-15,17H2,1-2H3;7-12,14,16H,6,13,15H2,1-5H3. The second-order valence-corrected chi connectivity index (χ2v) is 27.4. The van der Waals surface area contributed by atoms with Crippen LogP contribution in [0, 0.1) is 13.8 Å². The molecule has 0 spiro atoms. The monoisotopic (exact) mass is 1270 g/mol. The number of anilines is 1. The minimum atomic E-state index is -3.54. The highest BCUT2D eigenvalue weighted by atomic mass is 35.5. The van der Waals surface area contributed by atoms with Crippen LogP contribution in [0.3, 0.4) is 0 Å². The Morgan fingerprint density at radius 1 is 0.607 bits per heavy atom. The Labute approximate surface area is 531 Å². The van der Waals surface area contributed by atoms with Gasteiger partial charge in [0, 0.05) is 60.1 Å². The maximum atomic E-state index is 12.5. The fourth-order valence-electron chi connectivity index (χ4n) is 10.7. The second-order valence-electron chi connectivity index (χ2n) is 22.7. The summed E-state index contributed by atoms with van der Waals surface area (Å²) in [4.78, 5) is 24.1. The molecule has 1 saturated heterocycles. The zero-order chi connectivity index (χ0) is 63.8. The molecule has 1 atom stereocenters. The number of sulfonamides is 2. The molecule has 89 heavy (non-hydrogen) atoms. The van der Waals surface area contributed by atoms with Crippen molar-refractivity contribution in [2.24, 2.45) is 0 Å². The number of para-hydroxylation sites is 3. The van der Waals surface area contributed by atoms with Crippen molar-refractivity contribution in [3.63, 3.8) is 0 Å². The number of nitrogens with zero attached hydrogens (tertiary/aromatic N) is 11. The lowest BCUT2D eigenvalue weighted by atomic mass is 10.1. The van der Waals surface area contributed by atoms with E-state index in [1.165, 1.54) is 85.8 Å². The molecule has 9 aromatic rings. The fourth-order valence-corrected chi connectivity index (χ4v) is 12.7. The van der Waals surface area contributed by atoms with Gasteiger partial charge in [-0.15, -0.1) is 0 Å². The number of aryl methyl sites for hydroxylation is 4. The predicted molar refractivity (Wildman–Crippen MR) is 357 cm³/mol. The topological polar surface area (TPSA) is 187 Å². The van der Waals surface area contributed by atoms with Crippen molar-refractivity contribution in [2.75, 3.05) is 80.1 Å². The van der Waals surface area contributed by atoms with Crippen LogP contribution in [0.15, 0.2) is 131 Å². The molecule has 19 nitrogen and oxygen atoms in total. The van der Waals surface area contributed by atoms with Crippen LogP contribution in [0.5, 0.6) is 11.5 Å². The summed E-state index contributed by atoms with van der Waals surface area (Å²) in [5.74, 6) is 4.39. The van der Waals surface area contributed by atoms with E-state index in [4.69, 9.17) is 40.8 Å². The lowest BCUT2D eigenvalue weighted by Crippen LogP contribution is -2.30. The third kappa shape index (κ3) is 17.1. The van der Waals surface area contributed by atoms with Crippen molar-refractivity contribution in [1.82, 2.24) is 52.0 Å². The minimum absolute atomic E-state index is 0.135. The molecule has 22 heteroatoms. The number of likely N-dealkylation sites (tertiary alicyclic amines) is 1. The first-order valence-electron chi connectivity index (χ1n) is 30.8. The van der Waals surface area contributed by atoms with Gasteiger partial charge in [-0.05, 0) is 170 Å². The molecule has 0 bridgehead atoms. The van der Waals surface area contributed by atoms with Crippen LogP contribution in [0.4, 0.5) is 5.69 Å². The number of benzene rings is 5. The van der Waals surface area contributed by atoms with E-state index in [0.29, 0.717) is 61.3 Å². The molecular weight excluding hydrogens is 1180 g/mol. The van der Waals surface area contributed by atoms with Crippen LogP contribution in [-0.4, -0.2) is 144 Å². The summed E-state index contributed by atoms with van der Waals surface area (Å²) in [6.45, 7) is 21.4. The molecule has 5 heterocycles. The summed E-state index contributed by atoms with van der Waals surface area (Å²) in [6.07, 6.45) is 7.65. The van der Waals surface area contributed by atoms with E-state index in [2.05, 4.69) is 118 Å². The second kappa shape index (κ2) is 31.7. The van der Waals surface area contributed by atoms with Gasteiger partial charge in [-0.3, -0.25) is 14.8 Å². The minimum Gasteiger partial charge on any atom is -0.492 e. The summed E-state index contributed by atoms with van der Waals surface area (Å²) in [5.41, 5.74) is 9.81. The number of hydrogen-bond donors (Lipinski definition) is 1. The van der Waals surface area contributed by atoms with Gasteiger partial charge in [0.05, 0.1) is 92.1 Å². The van der Waals surface area contributed by atoms with E-state index in [1.54, 1.807) is 36.5 Å². The van der Waals surface area contributed by atoms with Crippen molar-refractivity contribution in [3.8, 4) is 11.5 Å². The molecular formula is C67H89ClN12O7S2. The number of halogens is 1. The number of hydrogen-bond acceptors (Lipinski definition) is 14. The molecule has 1 N–H and O–H groups in total. The molecule has 0 saturated carbocycles. The molecule has 10 rings (SSSR count). The van der Waals surface area contributed by atoms with Crippen LogP contribution in [0.2, 0.25) is 5.02 Å². The van der Waals surface area contributed by atoms with Gasteiger partial charge in [0.15, 0.2) is 5.75 Å². The van der Waals surface area contributed by atoms with Gasteiger partial charge >= 0.3 is 0 Å². The van der Waals surface area contributed by atoms with Crippen LogP contribution < -0.4 is 14.8 Å². The van der Waals surface area contributed by atoms with Gasteiger partial charge < -0.3 is 33.2 Å². The smallest absolute Gasteiger partial charge is 0.242 e. The van der Waals surface area contributed by atoms with Gasteiger partial charge in [0.1, 0.15) is 36.4 Å². The van der Waals surface area contributed by atoms with Gasteiger partial charge in [0.25, 0.3) is 0 Å². The number of aromatic nitrogens is 7. The summed E-state index contributed by atoms with van der Waals surface area (Å²) < 4.78 is 76.4. The van der Waals surface area contributed by atoms with Gasteiger partial charge in [0.2, 0.25) is 20.0 Å². The first-order valence-corrected chi connectivity index (χ1v) is 34.0. The van der Waals surface area contributed by atoms with Crippen LogP contribution >= 0.6 is 11.6 Å². The molecule has 478 valence electrons. The maximum absolute atomic E-state index is 12.5. The Balaban J connectivity index is 0.000000173. The van der Waals surface area contributed by atoms with Crippen LogP contribution in [0.25, 0.3) is 33.1 Å². The average molecular weight is 1270 g/mol. The highest BCUT2D eigenvalue weighted by Gasteiger charge is 2.24. The van der Waals surface area contributed by atoms with Gasteiger partial charge in [-0.25, -0.2) is 40.4 Å². The lowest BCUT2D eigenvalue weighted by Gasteiger charge is -2.26. The molecule has 5 aromatic carbocycles. The number of fused-ring (bicyclic) bond motifs is 3. The maximum Gasteiger partial charge on any atom is 0.242 e. The number of pyridine rings is 1. The zero-order valence-corrected chi connectivity index (χ0v) is 56.0. The lowest BCUT2D eigenvalue weighted by molar-refractivity contribution is 0.110. The van der Waals surface area contributed by atoms with E-state index in [1.807, 2.05) is 49.4 Å². The molecule has 1 fully saturated rings. The molecule has 1 aliphatic rings. The largest absolute Gasteiger partial charge is 0.492 e. The SMILES string of the molecule is CCCn1c(CN(C)C(C)c2ccccn2)nc2cc(S(=O)(=O)N(C)C)ccc21.CCCn1c(CNc2cccc(Cl)c2OCCOCC)nc2cc(S(=O)(=O)N(C)C)ccc21.Cc1ccc(OCCn2c(CN3CCCCC3)nc3ccccc32)cc1C. The number of ether oxygens (including phenoxy) is 3. The molecule has 0 aliphatic carbocycles. The van der Waals surface area contributed by atoms with E-state index >= 15 is 0 Å². The highest BCUT2D eigenvalue weighted by molar-refractivity contribution is 7.89. The number of imidazole rings is 3. The van der Waals surface area contributed by atoms with Crippen LogP contribution in [-0.2, 0) is 64.1 Å². The van der Waals surface area contributed by atoms with Crippen molar-refractivity contribution in [1.29, 1.82) is 0 Å². The summed E-state index contributed by atoms with van der Waals surface area (Å²) in [7, 11) is 1.13. The Kier molecular flexibility index (Phi) is 24.2. The van der Waals surface area contributed by atoms with E-state index < -0.39 is 20.0 Å². The fraction of sp³-hybridized carbons (Fsp3) is 0.433. The molecule has 4 aromatic heterocycles. The third-order valence-corrected chi connectivity index (χ3v) is 19.8. The van der Waals surface area contributed by atoms with Crippen LogP contribution in [0.1, 0.15) is 100 Å². The predicted octanol–water partition coefficient (Wildman–Crippen LogP) is 12.4. The molecule has 1 aliphatic heterocycles. The Morgan fingerprint density at radius 2 is 1.21 bits per heavy atom. The van der Waals surface area contributed by atoms with E-state index in [0.717, 1.165) is 90.2 Å². The van der Waals surface area contributed by atoms with Crippen molar-refractivity contribution < 1.29 is 31.0 Å². The summed E-state index contributed by atoms with van der Waals surface area (Å²) >= 11 is 6.37. The summed E-state index contributed by atoms with van der Waals surface area (Å²) in [6, 6.07) is 36.6. The van der Waals surface area contributed by atoms with E-state index in [9.17, 15) is 16.8 Å². The number of nitrogens with one attached hydrogen (secondary N) is 1. The zero-order valence-electron chi connectivity index (χ0n) is 53.6. The Hall–Kier alpha value is -6.95. The first-order chi connectivity index (χ1) is 42.7. The number of rotatable bonds is 26. The Morgan fingerprint density at radius 3 is 1.83 bits per heavy atom. The highest BCUT2D eigenvalue weighted by Crippen LogP contribution is 2.34. The molecule has 0 radical (unpaired) electrons. The molecule has 0 amide bonds. The summed E-state index contributed by atoms with van der Waals surface area (Å²) in [5, 5.41) is 3.89. The Bertz CT molecular complexity index is 4000. The van der Waals surface area contributed by atoms with Gasteiger partial charge in [-0.2, -0.15) is 0 Å². The van der Waals surface area contributed by atoms with Gasteiger partial charge in [-0.1, -0.05) is 62.2 Å². The normalized spacial score (nSPS) is 13.5. The average Bonchev–Trinajstić information content (AvgIpc) is 2.42. The van der Waals surface area contributed by atoms with Crippen molar-refractivity contribution >= 4 is 70.4 Å². The quantitative estimate of drug-likeness (QED) is 0.0504. The first kappa shape index (κ1) is 68.0. The van der Waals surface area contributed by atoms with Crippen molar-refractivity contribution in [2.45, 2.75) is 129 Å². The number of piperidine rings is 1. The van der Waals surface area contributed by atoms with Crippen molar-refractivity contribution in [3.05, 3.63) is 161 Å².